The van der Waals surface area contributed by atoms with E-state index >= 15 is 0 Å². The molecule has 7 nitrogen and oxygen atoms in total. The van der Waals surface area contributed by atoms with Gasteiger partial charge in [-0.2, -0.15) is 13.2 Å². The molecule has 4 aromatic rings. The second-order valence-electron chi connectivity index (χ2n) is 11.0. The van der Waals surface area contributed by atoms with E-state index in [0.29, 0.717) is 22.4 Å². The Morgan fingerprint density at radius 1 is 0.872 bits per heavy atom. The summed E-state index contributed by atoms with van der Waals surface area (Å²) < 4.78 is 84.9. The van der Waals surface area contributed by atoms with Crippen LogP contribution in [0.1, 0.15) is 35.6 Å². The molecule has 0 fully saturated rings. The summed E-state index contributed by atoms with van der Waals surface area (Å²) in [6.45, 7) is 2.48. The van der Waals surface area contributed by atoms with Crippen LogP contribution in [0.5, 0.6) is 0 Å². The maximum absolute atomic E-state index is 15.0. The van der Waals surface area contributed by atoms with Crippen molar-refractivity contribution in [1.82, 2.24) is 10.2 Å². The molecule has 0 saturated heterocycles. The van der Waals surface area contributed by atoms with Gasteiger partial charge in [-0.3, -0.25) is 13.9 Å². The molecule has 1 atom stereocenters. The molecule has 4 aromatic carbocycles. The summed E-state index contributed by atoms with van der Waals surface area (Å²) in [6.07, 6.45) is -4.21. The van der Waals surface area contributed by atoms with Crippen molar-refractivity contribution in [3.63, 3.8) is 0 Å². The first-order chi connectivity index (χ1) is 22.3. The second kappa shape index (κ2) is 15.3. The number of nitrogens with zero attached hydrogens (tertiary/aromatic N) is 2. The first kappa shape index (κ1) is 35.1. The highest BCUT2D eigenvalue weighted by atomic mass is 32.2. The highest BCUT2D eigenvalue weighted by Crippen LogP contribution is 2.33. The molecular weight excluding hydrogens is 634 g/mol. The van der Waals surface area contributed by atoms with Gasteiger partial charge in [-0.15, -0.1) is 0 Å². The Morgan fingerprint density at radius 3 is 2.17 bits per heavy atom. The van der Waals surface area contributed by atoms with E-state index in [-0.39, 0.29) is 23.4 Å². The molecule has 0 heterocycles. The van der Waals surface area contributed by atoms with Crippen molar-refractivity contribution >= 4 is 27.5 Å². The molecule has 0 aliphatic heterocycles. The van der Waals surface area contributed by atoms with Crippen LogP contribution in [-0.2, 0) is 38.8 Å². The molecule has 1 unspecified atom stereocenters. The Bertz CT molecular complexity index is 1780. The zero-order valence-corrected chi connectivity index (χ0v) is 26.7. The molecule has 248 valence electrons. The minimum atomic E-state index is -4.80. The van der Waals surface area contributed by atoms with E-state index in [1.807, 2.05) is 6.92 Å². The second-order valence-corrected chi connectivity index (χ2v) is 12.8. The van der Waals surface area contributed by atoms with Gasteiger partial charge in [-0.05, 0) is 55.3 Å². The van der Waals surface area contributed by atoms with Gasteiger partial charge in [-0.1, -0.05) is 79.2 Å². The normalized spacial score (nSPS) is 12.3. The molecule has 47 heavy (non-hydrogen) atoms. The number of rotatable bonds is 13. The van der Waals surface area contributed by atoms with Crippen molar-refractivity contribution in [2.75, 3.05) is 17.4 Å². The van der Waals surface area contributed by atoms with Crippen molar-refractivity contribution in [3.8, 4) is 0 Å². The monoisotopic (exact) mass is 669 g/mol. The predicted molar refractivity (Wildman–Crippen MR) is 171 cm³/mol. The summed E-state index contributed by atoms with van der Waals surface area (Å²) in [7, 11) is -4.62. The lowest BCUT2D eigenvalue weighted by atomic mass is 10.0. The Morgan fingerprint density at radius 2 is 1.53 bits per heavy atom. The first-order valence-corrected chi connectivity index (χ1v) is 16.4. The minimum Gasteiger partial charge on any atom is -0.354 e. The number of carbonyl (C=O) groups is 2. The van der Waals surface area contributed by atoms with Crippen LogP contribution in [-0.4, -0.2) is 44.3 Å². The van der Waals surface area contributed by atoms with Gasteiger partial charge in [0.2, 0.25) is 11.8 Å². The van der Waals surface area contributed by atoms with Gasteiger partial charge in [0, 0.05) is 25.1 Å². The minimum absolute atomic E-state index is 0.00481. The van der Waals surface area contributed by atoms with Crippen molar-refractivity contribution in [3.05, 3.63) is 131 Å². The quantitative estimate of drug-likeness (QED) is 0.165. The zero-order valence-electron chi connectivity index (χ0n) is 25.9. The van der Waals surface area contributed by atoms with E-state index in [1.54, 1.807) is 43.3 Å². The van der Waals surface area contributed by atoms with E-state index in [1.165, 1.54) is 42.5 Å². The van der Waals surface area contributed by atoms with Gasteiger partial charge in [0.15, 0.2) is 0 Å². The summed E-state index contributed by atoms with van der Waals surface area (Å²) in [4.78, 5) is 28.8. The topological polar surface area (TPSA) is 86.8 Å². The van der Waals surface area contributed by atoms with Gasteiger partial charge in [0.25, 0.3) is 10.0 Å². The van der Waals surface area contributed by atoms with E-state index in [9.17, 15) is 35.6 Å². The van der Waals surface area contributed by atoms with Crippen LogP contribution in [0, 0.1) is 12.7 Å². The number of carbonyl (C=O) groups excluding carboxylic acids is 2. The summed E-state index contributed by atoms with van der Waals surface area (Å²) in [5.41, 5.74) is -0.0411. The zero-order chi connectivity index (χ0) is 34.2. The lowest BCUT2D eigenvalue weighted by Gasteiger charge is -2.34. The third kappa shape index (κ3) is 8.97. The van der Waals surface area contributed by atoms with Crippen molar-refractivity contribution in [1.29, 1.82) is 0 Å². The highest BCUT2D eigenvalue weighted by molar-refractivity contribution is 7.92. The molecule has 0 saturated carbocycles. The third-order valence-corrected chi connectivity index (χ3v) is 9.26. The van der Waals surface area contributed by atoms with Crippen LogP contribution >= 0.6 is 0 Å². The molecule has 0 radical (unpaired) electrons. The lowest BCUT2D eigenvalue weighted by Crippen LogP contribution is -2.53. The van der Waals surface area contributed by atoms with E-state index in [0.717, 1.165) is 28.7 Å². The SMILES string of the molecule is CCCNC(=O)C(Cc1ccccc1)N(Cc1ccccc1F)C(=O)CN(c1cccc(C(F)(F)F)c1)S(=O)(=O)c1ccc(C)cc1. The maximum Gasteiger partial charge on any atom is 0.416 e. The number of nitrogens with one attached hydrogen (secondary N) is 1. The molecule has 0 aliphatic rings. The summed E-state index contributed by atoms with van der Waals surface area (Å²) in [6, 6.07) is 22.5. The summed E-state index contributed by atoms with van der Waals surface area (Å²) in [5.74, 6) is -2.12. The fraction of sp³-hybridized carbons (Fsp3) is 0.257. The average molecular weight is 670 g/mol. The molecule has 0 spiro atoms. The Kier molecular flexibility index (Phi) is 11.4. The van der Waals surface area contributed by atoms with Crippen LogP contribution in [0.3, 0.4) is 0 Å². The van der Waals surface area contributed by atoms with Gasteiger partial charge < -0.3 is 10.2 Å². The average Bonchev–Trinajstić information content (AvgIpc) is 3.05. The first-order valence-electron chi connectivity index (χ1n) is 14.9. The van der Waals surface area contributed by atoms with Crippen molar-refractivity contribution in [2.45, 2.75) is 50.3 Å². The number of hydrogen-bond donors (Lipinski definition) is 1. The van der Waals surface area contributed by atoms with Crippen LogP contribution < -0.4 is 9.62 Å². The van der Waals surface area contributed by atoms with Crippen LogP contribution in [0.2, 0.25) is 0 Å². The van der Waals surface area contributed by atoms with E-state index < -0.39 is 64.2 Å². The fourth-order valence-electron chi connectivity index (χ4n) is 4.93. The van der Waals surface area contributed by atoms with Crippen LogP contribution in [0.25, 0.3) is 0 Å². The maximum atomic E-state index is 15.0. The summed E-state index contributed by atoms with van der Waals surface area (Å²) >= 11 is 0. The Labute approximate surface area is 271 Å². The highest BCUT2D eigenvalue weighted by Gasteiger charge is 2.36. The molecule has 1 N–H and O–H groups in total. The number of benzene rings is 4. The standard InChI is InChI=1S/C35H35F4N3O4S/c1-3-20-40-34(44)32(21-26-10-5-4-6-11-26)41(23-27-12-7-8-15-31(27)36)33(43)24-42(29-14-9-13-28(22-29)35(37,38)39)47(45,46)30-18-16-25(2)17-19-30/h4-19,22,32H,3,20-21,23-24H2,1-2H3,(H,40,44). The number of halogens is 4. The number of hydrogen-bond acceptors (Lipinski definition) is 4. The van der Waals surface area contributed by atoms with Crippen LogP contribution in [0.15, 0.2) is 108 Å². The number of amides is 2. The van der Waals surface area contributed by atoms with Crippen molar-refractivity contribution < 1.29 is 35.6 Å². The smallest absolute Gasteiger partial charge is 0.354 e. The van der Waals surface area contributed by atoms with Gasteiger partial charge >= 0.3 is 6.18 Å². The predicted octanol–water partition coefficient (Wildman–Crippen LogP) is 6.51. The molecule has 2 amide bonds. The molecule has 12 heteroatoms. The largest absolute Gasteiger partial charge is 0.416 e. The molecule has 0 bridgehead atoms. The molecule has 4 rings (SSSR count). The number of sulfonamides is 1. The van der Waals surface area contributed by atoms with E-state index in [4.69, 9.17) is 0 Å². The Hall–Kier alpha value is -4.71. The number of alkyl halides is 3. The fourth-order valence-corrected chi connectivity index (χ4v) is 6.34. The van der Waals surface area contributed by atoms with Gasteiger partial charge in [0.05, 0.1) is 16.1 Å². The van der Waals surface area contributed by atoms with E-state index in [2.05, 4.69) is 5.32 Å². The number of anilines is 1. The van der Waals surface area contributed by atoms with Crippen LogP contribution in [0.4, 0.5) is 23.2 Å². The Balaban J connectivity index is 1.85. The van der Waals surface area contributed by atoms with Gasteiger partial charge in [-0.25, -0.2) is 12.8 Å². The van der Waals surface area contributed by atoms with Gasteiger partial charge in [0.1, 0.15) is 18.4 Å². The molecule has 0 aliphatic carbocycles. The third-order valence-electron chi connectivity index (χ3n) is 7.47. The molecular formula is C35H35F4N3O4S. The summed E-state index contributed by atoms with van der Waals surface area (Å²) in [5, 5.41) is 2.78. The number of aryl methyl sites for hydroxylation is 1. The molecule has 0 aromatic heterocycles. The van der Waals surface area contributed by atoms with Crippen molar-refractivity contribution in [2.24, 2.45) is 0 Å². The lowest BCUT2D eigenvalue weighted by molar-refractivity contribution is -0.140.